The fraction of sp³-hybridized carbons (Fsp3) is 0.200. The topological polar surface area (TPSA) is 59.0 Å². The van der Waals surface area contributed by atoms with Crippen molar-refractivity contribution in [3.8, 4) is 10.6 Å². The number of carbonyl (C=O) groups excluding carboxylic acids is 1. The van der Waals surface area contributed by atoms with E-state index in [0.29, 0.717) is 13.1 Å². The maximum atomic E-state index is 13.2. The van der Waals surface area contributed by atoms with Crippen LogP contribution in [0.25, 0.3) is 10.6 Å². The van der Waals surface area contributed by atoms with Crippen LogP contribution in [0, 0.1) is 0 Å². The molecule has 1 aromatic carbocycles. The Morgan fingerprint density at radius 3 is 2.29 bits per heavy atom. The van der Waals surface area contributed by atoms with Gasteiger partial charge in [-0.1, -0.05) is 37.3 Å². The fourth-order valence-electron chi connectivity index (χ4n) is 3.32. The van der Waals surface area contributed by atoms with E-state index in [0.717, 1.165) is 33.8 Å². The molecule has 0 aliphatic rings. The van der Waals surface area contributed by atoms with Gasteiger partial charge >= 0.3 is 0 Å². The number of carbonyl (C=O) groups is 1. The molecule has 5 nitrogen and oxygen atoms in total. The molecular weight excluding hydrogens is 404 g/mol. The van der Waals surface area contributed by atoms with Gasteiger partial charge < -0.3 is 4.90 Å². The number of aryl methyl sites for hydroxylation is 1. The number of nitrogens with zero attached hydrogens (tertiary/aromatic N) is 4. The van der Waals surface area contributed by atoms with Crippen LogP contribution in [0.1, 0.15) is 29.3 Å². The minimum atomic E-state index is 0.0476. The smallest absolute Gasteiger partial charge is 0.229 e. The lowest BCUT2D eigenvalue weighted by molar-refractivity contribution is -0.131. The van der Waals surface area contributed by atoms with E-state index in [1.54, 1.807) is 18.6 Å². The van der Waals surface area contributed by atoms with Crippen LogP contribution in [-0.2, 0) is 30.7 Å². The van der Waals surface area contributed by atoms with Crippen molar-refractivity contribution < 1.29 is 4.79 Å². The molecule has 0 saturated heterocycles. The van der Waals surface area contributed by atoms with Gasteiger partial charge in [0.25, 0.3) is 0 Å². The summed E-state index contributed by atoms with van der Waals surface area (Å²) in [7, 11) is 0. The summed E-state index contributed by atoms with van der Waals surface area (Å²) in [5.41, 5.74) is 5.17. The van der Waals surface area contributed by atoms with E-state index in [2.05, 4.69) is 46.1 Å². The lowest BCUT2D eigenvalue weighted by Crippen LogP contribution is -2.31. The zero-order valence-electron chi connectivity index (χ0n) is 17.4. The number of hydrogen-bond donors (Lipinski definition) is 0. The van der Waals surface area contributed by atoms with Crippen LogP contribution in [0.15, 0.2) is 78.7 Å². The molecule has 3 aromatic heterocycles. The van der Waals surface area contributed by atoms with Crippen molar-refractivity contribution in [2.75, 3.05) is 0 Å². The molecule has 0 aliphatic heterocycles. The normalized spacial score (nSPS) is 10.7. The summed E-state index contributed by atoms with van der Waals surface area (Å²) in [5, 5.41) is 2.84. The number of rotatable bonds is 8. The Kier molecular flexibility index (Phi) is 6.79. The van der Waals surface area contributed by atoms with Crippen molar-refractivity contribution in [3.63, 3.8) is 0 Å². The van der Waals surface area contributed by atoms with Crippen LogP contribution in [0.2, 0.25) is 0 Å². The highest BCUT2D eigenvalue weighted by Crippen LogP contribution is 2.23. The summed E-state index contributed by atoms with van der Waals surface area (Å²) >= 11 is 1.54. The molecule has 0 unspecified atom stereocenters. The third-order valence-electron chi connectivity index (χ3n) is 5.05. The van der Waals surface area contributed by atoms with Gasteiger partial charge in [0, 0.05) is 48.8 Å². The quantitative estimate of drug-likeness (QED) is 0.399. The predicted molar refractivity (Wildman–Crippen MR) is 123 cm³/mol. The maximum Gasteiger partial charge on any atom is 0.229 e. The molecule has 0 radical (unpaired) electrons. The Hall–Kier alpha value is -3.38. The minimum Gasteiger partial charge on any atom is -0.334 e. The highest BCUT2D eigenvalue weighted by molar-refractivity contribution is 7.13. The summed E-state index contributed by atoms with van der Waals surface area (Å²) < 4.78 is 0. The van der Waals surface area contributed by atoms with Gasteiger partial charge in [-0.15, -0.1) is 11.3 Å². The van der Waals surface area contributed by atoms with Crippen molar-refractivity contribution in [2.24, 2.45) is 0 Å². The Balaban J connectivity index is 1.51. The standard InChI is InChI=1S/C25H24N4OS/c1-2-19-7-9-20(10-8-19)16-29(17-21-5-3-11-26-14-21)24(30)13-23-18-31-25(28-23)22-6-4-12-27-15-22/h3-12,14-15,18H,2,13,16-17H2,1H3. The summed E-state index contributed by atoms with van der Waals surface area (Å²) in [6.45, 7) is 3.21. The first-order valence-corrected chi connectivity index (χ1v) is 11.2. The van der Waals surface area contributed by atoms with E-state index in [1.807, 2.05) is 40.7 Å². The first kappa shape index (κ1) is 20.9. The summed E-state index contributed by atoms with van der Waals surface area (Å²) in [5.74, 6) is 0.0476. The second-order valence-electron chi connectivity index (χ2n) is 7.34. The van der Waals surface area contributed by atoms with Crippen LogP contribution >= 0.6 is 11.3 Å². The third-order valence-corrected chi connectivity index (χ3v) is 5.99. The number of thiazole rings is 1. The molecule has 1 amide bonds. The van der Waals surface area contributed by atoms with Crippen molar-refractivity contribution in [2.45, 2.75) is 32.9 Å². The molecule has 4 aromatic rings. The van der Waals surface area contributed by atoms with E-state index in [4.69, 9.17) is 0 Å². The first-order chi connectivity index (χ1) is 15.2. The van der Waals surface area contributed by atoms with E-state index in [1.165, 1.54) is 16.9 Å². The van der Waals surface area contributed by atoms with Gasteiger partial charge in [-0.3, -0.25) is 14.8 Å². The van der Waals surface area contributed by atoms with Crippen LogP contribution in [-0.4, -0.2) is 25.8 Å². The van der Waals surface area contributed by atoms with Crippen LogP contribution in [0.4, 0.5) is 0 Å². The monoisotopic (exact) mass is 428 g/mol. The summed E-state index contributed by atoms with van der Waals surface area (Å²) in [6, 6.07) is 16.2. The molecule has 0 spiro atoms. The third kappa shape index (κ3) is 5.61. The number of pyridine rings is 2. The van der Waals surface area contributed by atoms with E-state index in [9.17, 15) is 4.79 Å². The Morgan fingerprint density at radius 2 is 1.61 bits per heavy atom. The molecule has 31 heavy (non-hydrogen) atoms. The molecule has 3 heterocycles. The summed E-state index contributed by atoms with van der Waals surface area (Å²) in [4.78, 5) is 28.1. The SMILES string of the molecule is CCc1ccc(CN(Cc2cccnc2)C(=O)Cc2csc(-c3cccnc3)n2)cc1. The average molecular weight is 429 g/mol. The molecule has 0 aliphatic carbocycles. The van der Waals surface area contributed by atoms with E-state index in [-0.39, 0.29) is 12.3 Å². The van der Waals surface area contributed by atoms with E-state index >= 15 is 0 Å². The molecule has 0 fully saturated rings. The van der Waals surface area contributed by atoms with Crippen LogP contribution in [0.3, 0.4) is 0 Å². The number of aromatic nitrogens is 3. The van der Waals surface area contributed by atoms with Gasteiger partial charge in [-0.05, 0) is 41.3 Å². The molecule has 0 atom stereocenters. The molecule has 0 saturated carbocycles. The van der Waals surface area contributed by atoms with Gasteiger partial charge in [-0.2, -0.15) is 0 Å². The highest BCUT2D eigenvalue weighted by atomic mass is 32.1. The van der Waals surface area contributed by atoms with Gasteiger partial charge in [0.15, 0.2) is 0 Å². The second kappa shape index (κ2) is 10.1. The highest BCUT2D eigenvalue weighted by Gasteiger charge is 2.17. The van der Waals surface area contributed by atoms with Gasteiger partial charge in [-0.25, -0.2) is 4.98 Å². The van der Waals surface area contributed by atoms with E-state index < -0.39 is 0 Å². The average Bonchev–Trinajstić information content (AvgIpc) is 3.29. The number of amides is 1. The zero-order valence-corrected chi connectivity index (χ0v) is 18.3. The number of hydrogen-bond acceptors (Lipinski definition) is 5. The zero-order chi connectivity index (χ0) is 21.5. The van der Waals surface area contributed by atoms with Gasteiger partial charge in [0.2, 0.25) is 5.91 Å². The van der Waals surface area contributed by atoms with Crippen molar-refractivity contribution in [1.29, 1.82) is 0 Å². The Labute approximate surface area is 186 Å². The lowest BCUT2D eigenvalue weighted by atomic mass is 10.1. The van der Waals surface area contributed by atoms with Gasteiger partial charge in [0.05, 0.1) is 12.1 Å². The second-order valence-corrected chi connectivity index (χ2v) is 8.20. The van der Waals surface area contributed by atoms with Crippen molar-refractivity contribution >= 4 is 17.2 Å². The summed E-state index contributed by atoms with van der Waals surface area (Å²) in [6.07, 6.45) is 8.36. The van der Waals surface area contributed by atoms with Crippen LogP contribution in [0.5, 0.6) is 0 Å². The molecule has 6 heteroatoms. The first-order valence-electron chi connectivity index (χ1n) is 10.3. The van der Waals surface area contributed by atoms with Crippen molar-refractivity contribution in [1.82, 2.24) is 19.9 Å². The molecule has 4 rings (SSSR count). The Morgan fingerprint density at radius 1 is 0.903 bits per heavy atom. The molecule has 0 bridgehead atoms. The molecule has 0 N–H and O–H groups in total. The largest absolute Gasteiger partial charge is 0.334 e. The molecular formula is C25H24N4OS. The number of benzene rings is 1. The lowest BCUT2D eigenvalue weighted by Gasteiger charge is -2.23. The van der Waals surface area contributed by atoms with Crippen LogP contribution < -0.4 is 0 Å². The van der Waals surface area contributed by atoms with Crippen molar-refractivity contribution in [3.05, 3.63) is 101 Å². The predicted octanol–water partition coefficient (Wildman–Crippen LogP) is 4.93. The minimum absolute atomic E-state index is 0.0476. The maximum absolute atomic E-state index is 13.2. The Bertz CT molecular complexity index is 1110. The fourth-order valence-corrected chi connectivity index (χ4v) is 4.13. The molecule has 156 valence electrons. The van der Waals surface area contributed by atoms with Gasteiger partial charge in [0.1, 0.15) is 5.01 Å².